The number of alkyl halides is 3. The van der Waals surface area contributed by atoms with Gasteiger partial charge in [0.15, 0.2) is 0 Å². The Morgan fingerprint density at radius 1 is 0.895 bits per heavy atom. The Kier molecular flexibility index (Phi) is 12.0. The average Bonchev–Trinajstić information content (AvgIpc) is 2.95. The summed E-state index contributed by atoms with van der Waals surface area (Å²) in [5.74, 6) is 0.401. The Balaban J connectivity index is 0.000000286. The van der Waals surface area contributed by atoms with Gasteiger partial charge in [-0.15, -0.1) is 13.2 Å². The average molecular weight is 528 g/mol. The molecular weight excluding hydrogens is 495 g/mol. The Hall–Kier alpha value is -4.14. The molecule has 5 rings (SSSR count). The van der Waals surface area contributed by atoms with Gasteiger partial charge >= 0.3 is 6.36 Å². The number of ether oxygens (including phenoxy) is 2. The molecule has 0 saturated heterocycles. The number of para-hydroxylation sites is 2. The SMILES string of the molecule is CC.CC.FC(F)(F)Oc1ccccc1.O=C(NC1CCOc2cccnc21)c1cccc2cccnc12. The number of nitrogens with one attached hydrogen (secondary N) is 1. The van der Waals surface area contributed by atoms with Gasteiger partial charge in [0, 0.05) is 24.2 Å². The molecule has 2 aromatic carbocycles. The summed E-state index contributed by atoms with van der Waals surface area (Å²) in [4.78, 5) is 21.4. The van der Waals surface area contributed by atoms with Crippen LogP contribution >= 0.6 is 0 Å². The van der Waals surface area contributed by atoms with Crippen molar-refractivity contribution in [2.75, 3.05) is 6.61 Å². The van der Waals surface area contributed by atoms with Gasteiger partial charge in [-0.05, 0) is 36.4 Å². The molecule has 6 nitrogen and oxygen atoms in total. The lowest BCUT2D eigenvalue weighted by Gasteiger charge is -2.25. The van der Waals surface area contributed by atoms with Crippen LogP contribution in [0.4, 0.5) is 13.2 Å². The third kappa shape index (κ3) is 8.76. The van der Waals surface area contributed by atoms with E-state index in [0.717, 1.165) is 16.8 Å². The molecule has 9 heteroatoms. The number of hydrogen-bond acceptors (Lipinski definition) is 5. The Bertz CT molecular complexity index is 1260. The van der Waals surface area contributed by atoms with Crippen LogP contribution in [-0.2, 0) is 0 Å². The summed E-state index contributed by atoms with van der Waals surface area (Å²) < 4.78 is 43.7. The number of nitrogens with zero attached hydrogens (tertiary/aromatic N) is 2. The van der Waals surface area contributed by atoms with Gasteiger partial charge in [-0.1, -0.05) is 64.1 Å². The molecule has 0 radical (unpaired) electrons. The van der Waals surface area contributed by atoms with E-state index < -0.39 is 6.36 Å². The summed E-state index contributed by atoms with van der Waals surface area (Å²) in [5, 5.41) is 4.01. The predicted octanol–water partition coefficient (Wildman–Crippen LogP) is 7.52. The number of aromatic nitrogens is 2. The molecule has 0 bridgehead atoms. The number of carbonyl (C=O) groups is 1. The second kappa shape index (κ2) is 15.2. The zero-order valence-corrected chi connectivity index (χ0v) is 21.8. The molecule has 2 aromatic heterocycles. The van der Waals surface area contributed by atoms with E-state index >= 15 is 0 Å². The third-order valence-corrected chi connectivity index (χ3v) is 4.95. The van der Waals surface area contributed by atoms with Crippen LogP contribution in [0.5, 0.6) is 11.5 Å². The molecule has 0 spiro atoms. The summed E-state index contributed by atoms with van der Waals surface area (Å²) >= 11 is 0. The van der Waals surface area contributed by atoms with Gasteiger partial charge in [-0.2, -0.15) is 0 Å². The summed E-state index contributed by atoms with van der Waals surface area (Å²) in [7, 11) is 0. The third-order valence-electron chi connectivity index (χ3n) is 4.95. The lowest BCUT2D eigenvalue weighted by Crippen LogP contribution is -2.33. The van der Waals surface area contributed by atoms with Crippen LogP contribution in [0, 0.1) is 0 Å². The monoisotopic (exact) mass is 527 g/mol. The first-order valence-corrected chi connectivity index (χ1v) is 12.4. The fraction of sp³-hybridized carbons (Fsp3) is 0.276. The fourth-order valence-electron chi connectivity index (χ4n) is 3.50. The summed E-state index contributed by atoms with van der Waals surface area (Å²) in [6, 6.07) is 20.0. The van der Waals surface area contributed by atoms with Gasteiger partial charge in [-0.3, -0.25) is 14.8 Å². The van der Waals surface area contributed by atoms with Gasteiger partial charge in [-0.25, -0.2) is 0 Å². The van der Waals surface area contributed by atoms with Crippen molar-refractivity contribution in [1.29, 1.82) is 0 Å². The second-order valence-electron chi connectivity index (χ2n) is 7.29. The van der Waals surface area contributed by atoms with Crippen molar-refractivity contribution in [2.24, 2.45) is 0 Å². The molecule has 1 unspecified atom stereocenters. The second-order valence-corrected chi connectivity index (χ2v) is 7.29. The molecular formula is C29H32F3N3O3. The Morgan fingerprint density at radius 3 is 2.26 bits per heavy atom. The van der Waals surface area contributed by atoms with Crippen LogP contribution in [0.15, 0.2) is 85.2 Å². The van der Waals surface area contributed by atoms with Crippen LogP contribution in [-0.4, -0.2) is 28.8 Å². The first-order chi connectivity index (χ1) is 18.4. The number of hydrogen-bond donors (Lipinski definition) is 1. The number of rotatable bonds is 3. The van der Waals surface area contributed by atoms with Crippen LogP contribution < -0.4 is 14.8 Å². The molecule has 1 amide bonds. The molecule has 1 aliphatic rings. The quantitative estimate of drug-likeness (QED) is 0.298. The highest BCUT2D eigenvalue weighted by molar-refractivity contribution is 6.05. The van der Waals surface area contributed by atoms with Gasteiger partial charge in [0.25, 0.3) is 5.91 Å². The predicted molar refractivity (Wildman–Crippen MR) is 142 cm³/mol. The van der Waals surface area contributed by atoms with E-state index in [-0.39, 0.29) is 17.7 Å². The minimum Gasteiger partial charge on any atom is -0.491 e. The van der Waals surface area contributed by atoms with Gasteiger partial charge < -0.3 is 14.8 Å². The highest BCUT2D eigenvalue weighted by Crippen LogP contribution is 2.30. The molecule has 38 heavy (non-hydrogen) atoms. The maximum absolute atomic E-state index is 12.7. The number of halogens is 3. The smallest absolute Gasteiger partial charge is 0.491 e. The number of fused-ring (bicyclic) bond motifs is 2. The summed E-state index contributed by atoms with van der Waals surface area (Å²) in [6.07, 6.45) is -0.480. The lowest BCUT2D eigenvalue weighted by molar-refractivity contribution is -0.274. The van der Waals surface area contributed by atoms with E-state index in [1.54, 1.807) is 24.5 Å². The van der Waals surface area contributed by atoms with Crippen LogP contribution in [0.1, 0.15) is 56.2 Å². The van der Waals surface area contributed by atoms with E-state index in [4.69, 9.17) is 4.74 Å². The minimum atomic E-state index is -4.60. The molecule has 0 saturated carbocycles. The lowest BCUT2D eigenvalue weighted by atomic mass is 10.0. The zero-order valence-electron chi connectivity index (χ0n) is 21.8. The van der Waals surface area contributed by atoms with Crippen molar-refractivity contribution in [3.8, 4) is 11.5 Å². The number of carbonyl (C=O) groups excluding carboxylic acids is 1. The van der Waals surface area contributed by atoms with Crippen molar-refractivity contribution < 1.29 is 27.4 Å². The van der Waals surface area contributed by atoms with Gasteiger partial charge in [0.1, 0.15) is 17.2 Å². The highest BCUT2D eigenvalue weighted by Gasteiger charge is 2.30. The number of pyridine rings is 2. The van der Waals surface area contributed by atoms with Crippen molar-refractivity contribution in [3.63, 3.8) is 0 Å². The van der Waals surface area contributed by atoms with Crippen LogP contribution in [0.25, 0.3) is 10.9 Å². The van der Waals surface area contributed by atoms with Crippen molar-refractivity contribution in [2.45, 2.75) is 46.5 Å². The maximum Gasteiger partial charge on any atom is 0.573 e. The molecule has 1 atom stereocenters. The molecule has 202 valence electrons. The van der Waals surface area contributed by atoms with E-state index in [1.807, 2.05) is 64.1 Å². The Morgan fingerprint density at radius 2 is 1.55 bits per heavy atom. The molecule has 1 aliphatic heterocycles. The van der Waals surface area contributed by atoms with Crippen molar-refractivity contribution in [3.05, 3.63) is 96.4 Å². The molecule has 1 N–H and O–H groups in total. The summed E-state index contributed by atoms with van der Waals surface area (Å²) in [5.41, 5.74) is 2.06. The van der Waals surface area contributed by atoms with Gasteiger partial charge in [0.05, 0.1) is 23.7 Å². The molecule has 0 fully saturated rings. The van der Waals surface area contributed by atoms with Crippen LogP contribution in [0.3, 0.4) is 0 Å². The largest absolute Gasteiger partial charge is 0.573 e. The van der Waals surface area contributed by atoms with Crippen molar-refractivity contribution >= 4 is 16.8 Å². The molecule has 0 aliphatic carbocycles. The fourth-order valence-corrected chi connectivity index (χ4v) is 3.50. The minimum absolute atomic E-state index is 0.141. The van der Waals surface area contributed by atoms with E-state index in [1.165, 1.54) is 24.3 Å². The molecule has 4 aromatic rings. The van der Waals surface area contributed by atoms with E-state index in [0.29, 0.717) is 24.1 Å². The topological polar surface area (TPSA) is 73.3 Å². The normalized spacial score (nSPS) is 13.5. The number of benzene rings is 2. The zero-order chi connectivity index (χ0) is 28.0. The summed E-state index contributed by atoms with van der Waals surface area (Å²) in [6.45, 7) is 8.57. The maximum atomic E-state index is 12.7. The first-order valence-electron chi connectivity index (χ1n) is 12.4. The highest BCUT2D eigenvalue weighted by atomic mass is 19.4. The van der Waals surface area contributed by atoms with Crippen molar-refractivity contribution in [1.82, 2.24) is 15.3 Å². The number of amides is 1. The van der Waals surface area contributed by atoms with E-state index in [9.17, 15) is 18.0 Å². The Labute approximate surface area is 220 Å². The standard InChI is InChI=1S/C18H15N3O2.C7H5F3O.2C2H6/c22-18(13-6-1-4-12-5-2-9-19-16(12)13)21-14-8-11-23-15-7-3-10-20-17(14)15;8-7(9,10)11-6-4-2-1-3-5-6;2*1-2/h1-7,9-10,14H,8,11H2,(H,21,22);1-5H;2*1-2H3. The molecule has 3 heterocycles. The van der Waals surface area contributed by atoms with Gasteiger partial charge in [0.2, 0.25) is 0 Å². The first kappa shape index (κ1) is 30.1. The van der Waals surface area contributed by atoms with Crippen LogP contribution in [0.2, 0.25) is 0 Å². The van der Waals surface area contributed by atoms with E-state index in [2.05, 4.69) is 20.0 Å².